The second-order valence-electron chi connectivity index (χ2n) is 10.6. The Morgan fingerprint density at radius 3 is 1.42 bits per heavy atom. The van der Waals surface area contributed by atoms with Gasteiger partial charge < -0.3 is 29.4 Å². The number of nitrogens with two attached hydrogens (primary N) is 1. The zero-order chi connectivity index (χ0) is 36.7. The van der Waals surface area contributed by atoms with Crippen LogP contribution in [-0.2, 0) is 23.7 Å². The lowest BCUT2D eigenvalue weighted by molar-refractivity contribution is -0.288. The Hall–Kier alpha value is -4.73. The first kappa shape index (κ1) is 41.4. The fraction of sp³-hybridized carbons (Fsp3) is 0.310. The number of hydrogen-bond donors (Lipinski definition) is 2. The molecule has 268 valence electrons. The largest absolute Gasteiger partial charge is 0.416 e. The van der Waals surface area contributed by atoms with Crippen molar-refractivity contribution < 1.29 is 28.5 Å². The van der Waals surface area contributed by atoms with E-state index in [9.17, 15) is 4.79 Å². The third-order valence-electron chi connectivity index (χ3n) is 7.40. The third kappa shape index (κ3) is 13.6. The van der Waals surface area contributed by atoms with Gasteiger partial charge in [0.05, 0.1) is 6.10 Å². The lowest BCUT2D eigenvalue weighted by Crippen LogP contribution is -2.59. The van der Waals surface area contributed by atoms with Crippen LogP contribution in [-0.4, -0.2) is 58.1 Å². The number of benzene rings is 4. The summed E-state index contributed by atoms with van der Waals surface area (Å²) in [6.07, 6.45) is 4.90. The number of anilines is 2. The van der Waals surface area contributed by atoms with E-state index in [0.29, 0.717) is 5.69 Å². The van der Waals surface area contributed by atoms with Crippen molar-refractivity contribution in [3.63, 3.8) is 0 Å². The summed E-state index contributed by atoms with van der Waals surface area (Å²) in [7, 11) is 4.65. The number of nitrogen functional groups attached to an aromatic ring is 1. The molecule has 1 heterocycles. The van der Waals surface area contributed by atoms with Gasteiger partial charge in [0.15, 0.2) is 0 Å². The van der Waals surface area contributed by atoms with E-state index in [2.05, 4.69) is 29.6 Å². The van der Waals surface area contributed by atoms with Gasteiger partial charge >= 0.3 is 6.09 Å². The number of nitrogens with one attached hydrogen (secondary N) is 1. The highest BCUT2D eigenvalue weighted by atomic mass is 16.7. The lowest BCUT2D eigenvalue weighted by atomic mass is 9.99. The van der Waals surface area contributed by atoms with Crippen molar-refractivity contribution in [1.29, 1.82) is 0 Å². The third-order valence-corrected chi connectivity index (χ3v) is 7.40. The molecule has 4 aromatic rings. The van der Waals surface area contributed by atoms with Gasteiger partial charge in [-0.3, -0.25) is 5.32 Å². The highest BCUT2D eigenvalue weighted by Crippen LogP contribution is 2.28. The molecule has 1 aliphatic heterocycles. The van der Waals surface area contributed by atoms with Crippen molar-refractivity contribution in [1.82, 2.24) is 0 Å². The highest BCUT2D eigenvalue weighted by molar-refractivity contribution is 5.85. The summed E-state index contributed by atoms with van der Waals surface area (Å²) in [6.45, 7) is 9.84. The van der Waals surface area contributed by atoms with Crippen LogP contribution in [0.15, 0.2) is 109 Å². The zero-order valence-electron chi connectivity index (χ0n) is 30.6. The highest BCUT2D eigenvalue weighted by Gasteiger charge is 2.47. The first-order valence-electron chi connectivity index (χ1n) is 17.0. The van der Waals surface area contributed by atoms with Crippen LogP contribution in [0.5, 0.6) is 0 Å². The molecule has 1 amide bonds. The second-order valence-corrected chi connectivity index (χ2v) is 10.6. The summed E-state index contributed by atoms with van der Waals surface area (Å²) in [5, 5.41) is 2.71. The second kappa shape index (κ2) is 23.6. The SMILES string of the molecule is CC.CC.CO[C@@H]1[C@@H](OC)[C@@H](OC)C(OC(=O)Nc2ccc(/C=C/c3ccccc3)cc2)O[C@H]1C.Nc1ccc(/C=C/c2ccccc2)cc1. The number of rotatable bonds is 9. The Morgan fingerprint density at radius 2 is 1.00 bits per heavy atom. The predicted octanol–water partition coefficient (Wildman–Crippen LogP) is 9.69. The summed E-state index contributed by atoms with van der Waals surface area (Å²) >= 11 is 0. The van der Waals surface area contributed by atoms with Gasteiger partial charge in [-0.15, -0.1) is 0 Å². The minimum absolute atomic E-state index is 0.338. The van der Waals surface area contributed by atoms with Crippen LogP contribution in [0.25, 0.3) is 24.3 Å². The number of amides is 1. The molecule has 0 spiro atoms. The lowest BCUT2D eigenvalue weighted by Gasteiger charge is -2.43. The quantitative estimate of drug-likeness (QED) is 0.134. The molecule has 1 unspecified atom stereocenters. The molecule has 1 fully saturated rings. The number of carbonyl (C=O) groups is 1. The molecule has 0 saturated carbocycles. The maximum absolute atomic E-state index is 12.4. The van der Waals surface area contributed by atoms with Gasteiger partial charge in [0.1, 0.15) is 18.3 Å². The molecule has 4 aromatic carbocycles. The molecule has 3 N–H and O–H groups in total. The van der Waals surface area contributed by atoms with Gasteiger partial charge in [-0.05, 0) is 53.4 Å². The number of hydrogen-bond acceptors (Lipinski definition) is 7. The van der Waals surface area contributed by atoms with Gasteiger partial charge in [-0.2, -0.15) is 0 Å². The fourth-order valence-electron chi connectivity index (χ4n) is 4.96. The van der Waals surface area contributed by atoms with Crippen molar-refractivity contribution >= 4 is 41.8 Å². The number of carbonyl (C=O) groups excluding carboxylic acids is 1. The molecule has 5 rings (SSSR count). The molecule has 1 aliphatic rings. The minimum atomic E-state index is -0.926. The van der Waals surface area contributed by atoms with E-state index in [-0.39, 0.29) is 12.2 Å². The Morgan fingerprint density at radius 1 is 0.600 bits per heavy atom. The van der Waals surface area contributed by atoms with Gasteiger partial charge in [0, 0.05) is 32.7 Å². The van der Waals surface area contributed by atoms with Crippen LogP contribution in [0, 0.1) is 0 Å². The normalized spacial score (nSPS) is 19.6. The molecule has 0 radical (unpaired) electrons. The van der Waals surface area contributed by atoms with Crippen LogP contribution in [0.3, 0.4) is 0 Å². The van der Waals surface area contributed by atoms with Crippen LogP contribution < -0.4 is 11.1 Å². The molecule has 8 nitrogen and oxygen atoms in total. The van der Waals surface area contributed by atoms with E-state index in [1.165, 1.54) is 12.7 Å². The fourth-order valence-corrected chi connectivity index (χ4v) is 4.96. The summed E-state index contributed by atoms with van der Waals surface area (Å²) in [6, 6.07) is 35.5. The Bertz CT molecular complexity index is 1530. The smallest absolute Gasteiger partial charge is 0.414 e. The van der Waals surface area contributed by atoms with E-state index in [0.717, 1.165) is 22.4 Å². The summed E-state index contributed by atoms with van der Waals surface area (Å²) < 4.78 is 27.7. The van der Waals surface area contributed by atoms with Crippen LogP contribution in [0.2, 0.25) is 0 Å². The first-order valence-corrected chi connectivity index (χ1v) is 17.0. The van der Waals surface area contributed by atoms with Crippen molar-refractivity contribution in [2.24, 2.45) is 0 Å². The molecule has 0 aromatic heterocycles. The van der Waals surface area contributed by atoms with Crippen LogP contribution >= 0.6 is 0 Å². The van der Waals surface area contributed by atoms with Gasteiger partial charge in [0.2, 0.25) is 6.29 Å². The van der Waals surface area contributed by atoms with Crippen molar-refractivity contribution in [2.75, 3.05) is 32.4 Å². The van der Waals surface area contributed by atoms with E-state index < -0.39 is 24.6 Å². The van der Waals surface area contributed by atoms with Crippen LogP contribution in [0.4, 0.5) is 16.2 Å². The van der Waals surface area contributed by atoms with Crippen molar-refractivity contribution in [2.45, 2.75) is 65.3 Å². The maximum atomic E-state index is 12.4. The van der Waals surface area contributed by atoms with Crippen LogP contribution in [0.1, 0.15) is 56.9 Å². The minimum Gasteiger partial charge on any atom is -0.416 e. The van der Waals surface area contributed by atoms with Gasteiger partial charge in [-0.25, -0.2) is 4.79 Å². The molecule has 0 bridgehead atoms. The molecule has 5 atom stereocenters. The zero-order valence-corrected chi connectivity index (χ0v) is 30.6. The monoisotopic (exact) mass is 682 g/mol. The molecule has 0 aliphatic carbocycles. The summed E-state index contributed by atoms with van der Waals surface area (Å²) in [5.41, 5.74) is 11.5. The Balaban J connectivity index is 0.000000380. The van der Waals surface area contributed by atoms with E-state index >= 15 is 0 Å². The summed E-state index contributed by atoms with van der Waals surface area (Å²) in [5.74, 6) is 0. The number of methoxy groups -OCH3 is 3. The van der Waals surface area contributed by atoms with E-state index in [1.54, 1.807) is 14.2 Å². The Kier molecular flexibility index (Phi) is 19.6. The number of ether oxygens (including phenoxy) is 5. The molecule has 8 heteroatoms. The first-order chi connectivity index (χ1) is 24.4. The van der Waals surface area contributed by atoms with Crippen molar-refractivity contribution in [3.05, 3.63) is 131 Å². The molecular formula is C42H54N2O6. The van der Waals surface area contributed by atoms with Gasteiger partial charge in [0.25, 0.3) is 0 Å². The molecule has 50 heavy (non-hydrogen) atoms. The predicted molar refractivity (Wildman–Crippen MR) is 208 cm³/mol. The molecule has 1 saturated heterocycles. The standard InChI is InChI=1S/C24H29NO6.C14H13N.2C2H6/c1-16-20(27-2)21(28-3)22(29-4)23(30-16)31-24(26)25-19-14-12-18(13-15-19)11-10-17-8-6-5-7-9-17;15-14-10-8-13(9-11-14)7-6-12-4-2-1-3-5-12;2*1-2/h5-16,20-23H,1-4H3,(H,25,26);1-11H,15H2;2*1-2H3/b11-10+;7-6+;;/t16-,20-,21+,22+,23?;;;/m0.../s1. The van der Waals surface area contributed by atoms with E-state index in [1.807, 2.05) is 144 Å². The topological polar surface area (TPSA) is 101 Å². The Labute approximate surface area is 298 Å². The van der Waals surface area contributed by atoms with E-state index in [4.69, 9.17) is 29.4 Å². The molecular weight excluding hydrogens is 628 g/mol. The average molecular weight is 683 g/mol. The average Bonchev–Trinajstić information content (AvgIpc) is 3.16. The van der Waals surface area contributed by atoms with Gasteiger partial charge in [-0.1, -0.05) is 137 Å². The van der Waals surface area contributed by atoms with Crippen molar-refractivity contribution in [3.8, 4) is 0 Å². The summed E-state index contributed by atoms with van der Waals surface area (Å²) in [4.78, 5) is 12.4. The maximum Gasteiger partial charge on any atom is 0.414 e.